The zero-order chi connectivity index (χ0) is 12.7. The molecule has 0 saturated heterocycles. The molecule has 0 spiro atoms. The minimum Gasteiger partial charge on any atom is -0.202 e. The van der Waals surface area contributed by atoms with Gasteiger partial charge in [-0.15, -0.1) is 0 Å². The molecule has 1 N–H and O–H groups in total. The van der Waals surface area contributed by atoms with Gasteiger partial charge in [0, 0.05) is 17.1 Å². The van der Waals surface area contributed by atoms with E-state index in [2.05, 4.69) is 0 Å². The summed E-state index contributed by atoms with van der Waals surface area (Å²) in [5.41, 5.74) is -12.3. The van der Waals surface area contributed by atoms with Crippen molar-refractivity contribution in [2.75, 3.05) is 0 Å². The van der Waals surface area contributed by atoms with Gasteiger partial charge in [-0.2, -0.15) is 26.3 Å². The maximum atomic E-state index is 11.5. The Morgan fingerprint density at radius 2 is 0.875 bits per heavy atom. The first kappa shape index (κ1) is 18.3. The van der Waals surface area contributed by atoms with Gasteiger partial charge in [0.05, 0.1) is 0 Å². The molecule has 0 aliphatic rings. The minimum absolute atomic E-state index is 0. The molecule has 0 aromatic heterocycles. The number of nitrogens with one attached hydrogen (secondary N) is 1. The molecule has 0 rings (SSSR count). The third-order valence-electron chi connectivity index (χ3n) is 0.829. The van der Waals surface area contributed by atoms with E-state index in [0.29, 0.717) is 0 Å². The number of halogens is 6. The van der Waals surface area contributed by atoms with Gasteiger partial charge in [-0.1, -0.05) is 4.13 Å². The van der Waals surface area contributed by atoms with Gasteiger partial charge in [0.25, 0.3) is 0 Å². The molecule has 0 heterocycles. The van der Waals surface area contributed by atoms with E-state index < -0.39 is 35.2 Å². The van der Waals surface area contributed by atoms with Crippen LogP contribution in [0.1, 0.15) is 0 Å². The third kappa shape index (κ3) is 4.08. The quantitative estimate of drug-likeness (QED) is 0.576. The van der Waals surface area contributed by atoms with Crippen molar-refractivity contribution >= 4 is 20.0 Å². The van der Waals surface area contributed by atoms with Gasteiger partial charge < -0.3 is 0 Å². The molecule has 0 aliphatic heterocycles. The molecule has 1 radical (unpaired) electrons. The summed E-state index contributed by atoms with van der Waals surface area (Å²) < 4.78 is 108. The molecule has 103 valence electrons. The molecule has 0 aliphatic carbocycles. The first-order chi connectivity index (χ1) is 6.21. The first-order valence-corrected chi connectivity index (χ1v) is 5.58. The van der Waals surface area contributed by atoms with Crippen molar-refractivity contribution in [1.82, 2.24) is 4.13 Å². The molecule has 0 unspecified atom stereocenters. The minimum atomic E-state index is -6.60. The van der Waals surface area contributed by atoms with E-state index in [4.69, 9.17) is 0 Å². The molecule has 0 bridgehead atoms. The summed E-state index contributed by atoms with van der Waals surface area (Å²) in [4.78, 5) is 0. The fourth-order valence-electron chi connectivity index (χ4n) is 0.239. The van der Waals surface area contributed by atoms with E-state index in [0.717, 1.165) is 0 Å². The molecule has 0 atom stereocenters. The van der Waals surface area contributed by atoms with E-state index in [1.165, 1.54) is 0 Å². The van der Waals surface area contributed by atoms with Crippen LogP contribution in [0.5, 0.6) is 0 Å². The van der Waals surface area contributed by atoms with E-state index in [1.54, 1.807) is 0 Å². The first-order valence-electron chi connectivity index (χ1n) is 2.62. The summed E-state index contributed by atoms with van der Waals surface area (Å²) in [6.07, 6.45) is 0. The van der Waals surface area contributed by atoms with E-state index in [9.17, 15) is 43.2 Å². The van der Waals surface area contributed by atoms with Crippen LogP contribution < -0.4 is 4.13 Å². The second kappa shape index (κ2) is 4.68. The summed E-state index contributed by atoms with van der Waals surface area (Å²) in [5.74, 6) is 0. The monoisotopic (exact) mass is 344 g/mol. The Hall–Kier alpha value is -0.0405. The molecule has 0 aromatic carbocycles. The summed E-state index contributed by atoms with van der Waals surface area (Å²) >= 11 is 0. The van der Waals surface area contributed by atoms with Crippen LogP contribution in [0.3, 0.4) is 0 Å². The Morgan fingerprint density at radius 3 is 1.00 bits per heavy atom. The second-order valence-electron chi connectivity index (χ2n) is 1.98. The summed E-state index contributed by atoms with van der Waals surface area (Å²) in [7, 11) is -13.2. The van der Waals surface area contributed by atoms with E-state index in [-0.39, 0.29) is 17.1 Å². The average Bonchev–Trinajstić information content (AvgIpc) is 1.77. The molecule has 0 saturated carbocycles. The van der Waals surface area contributed by atoms with Crippen molar-refractivity contribution in [1.29, 1.82) is 0 Å². The predicted molar refractivity (Wildman–Crippen MR) is 33.1 cm³/mol. The normalized spacial score (nSPS) is 14.4. The Balaban J connectivity index is 0. The van der Waals surface area contributed by atoms with Crippen molar-refractivity contribution in [2.45, 2.75) is 11.0 Å². The fraction of sp³-hybridized carbons (Fsp3) is 1.00. The number of hydrogen-bond donors (Lipinski definition) is 1. The van der Waals surface area contributed by atoms with Crippen LogP contribution in [0.15, 0.2) is 0 Å². The van der Waals surface area contributed by atoms with Crippen LogP contribution in [-0.2, 0) is 37.1 Å². The van der Waals surface area contributed by atoms with Crippen LogP contribution in [-0.4, -0.2) is 27.9 Å². The summed E-state index contributed by atoms with van der Waals surface area (Å²) in [5, 5.41) is 0. The van der Waals surface area contributed by atoms with Gasteiger partial charge in [-0.05, 0) is 0 Å². The van der Waals surface area contributed by atoms with Crippen LogP contribution >= 0.6 is 0 Å². The maximum Gasteiger partial charge on any atom is 0.512 e. The van der Waals surface area contributed by atoms with E-state index in [1.807, 2.05) is 0 Å². The van der Waals surface area contributed by atoms with E-state index >= 15 is 0 Å². The molecule has 0 amide bonds. The van der Waals surface area contributed by atoms with Gasteiger partial charge in [-0.3, -0.25) is 0 Å². The predicted octanol–water partition coefficient (Wildman–Crippen LogP) is 0.273. The van der Waals surface area contributed by atoms with Crippen molar-refractivity contribution in [3.8, 4) is 0 Å². The molecular formula is C2HCuF6NO4S2. The van der Waals surface area contributed by atoms with Crippen molar-refractivity contribution < 1.29 is 60.2 Å². The Morgan fingerprint density at radius 1 is 0.688 bits per heavy atom. The van der Waals surface area contributed by atoms with Crippen LogP contribution in [0.4, 0.5) is 26.3 Å². The molecular weight excluding hydrogens is 344 g/mol. The number of hydrogen-bond acceptors (Lipinski definition) is 4. The molecule has 14 heteroatoms. The third-order valence-corrected chi connectivity index (χ3v) is 3.80. The summed E-state index contributed by atoms with van der Waals surface area (Å²) in [6, 6.07) is 0. The summed E-state index contributed by atoms with van der Waals surface area (Å²) in [6.45, 7) is 0. The van der Waals surface area contributed by atoms with Crippen LogP contribution in [0.25, 0.3) is 0 Å². The molecule has 0 aromatic rings. The maximum absolute atomic E-state index is 11.5. The Kier molecular flexibility index (Phi) is 5.36. The zero-order valence-electron chi connectivity index (χ0n) is 6.52. The Labute approximate surface area is 95.8 Å². The zero-order valence-corrected chi connectivity index (χ0v) is 9.09. The molecule has 5 nitrogen and oxygen atoms in total. The van der Waals surface area contributed by atoms with Crippen molar-refractivity contribution in [3.05, 3.63) is 0 Å². The fourth-order valence-corrected chi connectivity index (χ4v) is 2.15. The second-order valence-corrected chi connectivity index (χ2v) is 5.59. The molecule has 16 heavy (non-hydrogen) atoms. The van der Waals surface area contributed by atoms with Crippen molar-refractivity contribution in [2.24, 2.45) is 0 Å². The number of rotatable bonds is 2. The van der Waals surface area contributed by atoms with Gasteiger partial charge >= 0.3 is 31.1 Å². The van der Waals surface area contributed by atoms with Gasteiger partial charge in [0.15, 0.2) is 0 Å². The largest absolute Gasteiger partial charge is 0.512 e. The van der Waals surface area contributed by atoms with Gasteiger partial charge in [0.2, 0.25) is 0 Å². The van der Waals surface area contributed by atoms with Crippen molar-refractivity contribution in [3.63, 3.8) is 0 Å². The number of sulfonamides is 2. The standard InChI is InChI=1S/C2HF6NO4S2.Cu/c3-1(4,5)14(10,11)9-15(12,13)2(6,7)8;/h9H;. The van der Waals surface area contributed by atoms with Gasteiger partial charge in [-0.25, -0.2) is 16.8 Å². The number of alkyl halides is 6. The smallest absolute Gasteiger partial charge is 0.202 e. The average molecular weight is 345 g/mol. The van der Waals surface area contributed by atoms with Crippen LogP contribution in [0.2, 0.25) is 0 Å². The van der Waals surface area contributed by atoms with Gasteiger partial charge in [0.1, 0.15) is 0 Å². The Bertz CT molecular complexity index is 390. The molecule has 0 fully saturated rings. The SMILES string of the molecule is O=S(=O)(NS(=O)(=O)C(F)(F)F)C(F)(F)F.[Cu]. The van der Waals surface area contributed by atoms with Crippen LogP contribution in [0, 0.1) is 0 Å². The topological polar surface area (TPSA) is 80.3 Å².